The van der Waals surface area contributed by atoms with Crippen LogP contribution in [0, 0.1) is 0 Å². The molecule has 1 aromatic carbocycles. The van der Waals surface area contributed by atoms with Crippen LogP contribution in [-0.2, 0) is 4.79 Å². The number of amides is 1. The molecule has 2 rings (SSSR count). The summed E-state index contributed by atoms with van der Waals surface area (Å²) >= 11 is 0. The van der Waals surface area contributed by atoms with E-state index >= 15 is 0 Å². The molecule has 3 heteroatoms. The van der Waals surface area contributed by atoms with Gasteiger partial charge in [0.1, 0.15) is 0 Å². The number of benzene rings is 1. The fraction of sp³-hybridized carbons (Fsp3) is 0.562. The lowest BCUT2D eigenvalue weighted by Gasteiger charge is -2.32. The van der Waals surface area contributed by atoms with Gasteiger partial charge in [-0.3, -0.25) is 4.79 Å². The number of carbonyl (C=O) groups is 1. The van der Waals surface area contributed by atoms with Crippen LogP contribution < -0.4 is 5.32 Å². The maximum atomic E-state index is 12.1. The Kier molecular flexibility index (Phi) is 4.97. The molecule has 1 N–H and O–H groups in total. The van der Waals surface area contributed by atoms with Crippen LogP contribution in [0.3, 0.4) is 0 Å². The highest BCUT2D eigenvalue weighted by Gasteiger charge is 2.27. The Labute approximate surface area is 116 Å². The van der Waals surface area contributed by atoms with Crippen molar-refractivity contribution in [2.75, 3.05) is 20.6 Å². The van der Waals surface area contributed by atoms with Crippen LogP contribution in [0.4, 0.5) is 0 Å². The van der Waals surface area contributed by atoms with Gasteiger partial charge >= 0.3 is 0 Å². The molecule has 0 saturated carbocycles. The number of piperidine rings is 1. The molecule has 0 unspecified atom stereocenters. The second kappa shape index (κ2) is 6.71. The monoisotopic (exact) mass is 260 g/mol. The lowest BCUT2D eigenvalue weighted by atomic mass is 9.84. The first-order valence-corrected chi connectivity index (χ1v) is 7.17. The van der Waals surface area contributed by atoms with Gasteiger partial charge in [0.05, 0.1) is 0 Å². The van der Waals surface area contributed by atoms with Crippen molar-refractivity contribution in [3.8, 4) is 0 Å². The number of hydrogen-bond donors (Lipinski definition) is 1. The molecule has 1 fully saturated rings. The van der Waals surface area contributed by atoms with E-state index in [9.17, 15) is 4.79 Å². The molecule has 1 amide bonds. The van der Waals surface area contributed by atoms with Crippen molar-refractivity contribution in [3.63, 3.8) is 0 Å². The zero-order valence-electron chi connectivity index (χ0n) is 11.9. The molecule has 1 aliphatic heterocycles. The van der Waals surface area contributed by atoms with Gasteiger partial charge in [-0.05, 0) is 24.9 Å². The number of nitrogens with zero attached hydrogens (tertiary/aromatic N) is 1. The van der Waals surface area contributed by atoms with Crippen molar-refractivity contribution in [3.05, 3.63) is 35.9 Å². The summed E-state index contributed by atoms with van der Waals surface area (Å²) in [5, 5.41) is 3.59. The first kappa shape index (κ1) is 14.1. The summed E-state index contributed by atoms with van der Waals surface area (Å²) in [5.74, 6) is 0.498. The van der Waals surface area contributed by atoms with Crippen LogP contribution in [0.15, 0.2) is 30.3 Å². The predicted molar refractivity (Wildman–Crippen MR) is 78.1 cm³/mol. The Balaban J connectivity index is 2.15. The maximum absolute atomic E-state index is 12.1. The highest BCUT2D eigenvalue weighted by atomic mass is 16.2. The minimum atomic E-state index is 0.209. The lowest BCUT2D eigenvalue weighted by molar-refractivity contribution is -0.129. The Morgan fingerprint density at radius 2 is 2.05 bits per heavy atom. The Morgan fingerprint density at radius 1 is 1.32 bits per heavy atom. The summed E-state index contributed by atoms with van der Waals surface area (Å²) in [5.41, 5.74) is 1.28. The lowest BCUT2D eigenvalue weighted by Crippen LogP contribution is -2.40. The number of rotatable bonds is 4. The first-order valence-electron chi connectivity index (χ1n) is 7.17. The third-order valence-electron chi connectivity index (χ3n) is 3.96. The molecule has 104 valence electrons. The van der Waals surface area contributed by atoms with Crippen molar-refractivity contribution in [2.24, 2.45) is 0 Å². The van der Waals surface area contributed by atoms with Gasteiger partial charge in [0, 0.05) is 32.5 Å². The highest BCUT2D eigenvalue weighted by Crippen LogP contribution is 2.28. The Hall–Kier alpha value is -1.35. The normalized spacial score (nSPS) is 20.8. The minimum absolute atomic E-state index is 0.209. The third-order valence-corrected chi connectivity index (χ3v) is 3.96. The number of carbonyl (C=O) groups excluding carboxylic acids is 1. The SMILES string of the molecule is CN(C)C(=O)C[C@@H](c1ccccc1)[C@H]1CCCCN1. The number of nitrogens with one attached hydrogen (secondary N) is 1. The van der Waals surface area contributed by atoms with Crippen LogP contribution in [0.5, 0.6) is 0 Å². The summed E-state index contributed by atoms with van der Waals surface area (Å²) in [4.78, 5) is 13.8. The standard InChI is InChI=1S/C16H24N2O/c1-18(2)16(19)12-14(13-8-4-3-5-9-13)15-10-6-7-11-17-15/h3-5,8-9,14-15,17H,6-7,10-12H2,1-2H3/t14-,15+/m0/s1. The summed E-state index contributed by atoms with van der Waals surface area (Å²) in [6, 6.07) is 10.9. The van der Waals surface area contributed by atoms with Gasteiger partial charge in [0.25, 0.3) is 0 Å². The molecule has 1 heterocycles. The maximum Gasteiger partial charge on any atom is 0.222 e. The molecule has 19 heavy (non-hydrogen) atoms. The van der Waals surface area contributed by atoms with Gasteiger partial charge in [-0.1, -0.05) is 36.8 Å². The van der Waals surface area contributed by atoms with Crippen molar-refractivity contribution in [2.45, 2.75) is 37.6 Å². The van der Waals surface area contributed by atoms with Gasteiger partial charge in [-0.15, -0.1) is 0 Å². The molecule has 0 aromatic heterocycles. The zero-order chi connectivity index (χ0) is 13.7. The second-order valence-corrected chi connectivity index (χ2v) is 5.57. The zero-order valence-corrected chi connectivity index (χ0v) is 11.9. The quantitative estimate of drug-likeness (QED) is 0.901. The van der Waals surface area contributed by atoms with Gasteiger partial charge in [-0.25, -0.2) is 0 Å². The summed E-state index contributed by atoms with van der Waals surface area (Å²) < 4.78 is 0. The van der Waals surface area contributed by atoms with Crippen molar-refractivity contribution >= 4 is 5.91 Å². The topological polar surface area (TPSA) is 32.3 Å². The van der Waals surface area contributed by atoms with Gasteiger partial charge in [0.15, 0.2) is 0 Å². The van der Waals surface area contributed by atoms with E-state index in [-0.39, 0.29) is 11.8 Å². The van der Waals surface area contributed by atoms with Gasteiger partial charge in [-0.2, -0.15) is 0 Å². The van der Waals surface area contributed by atoms with Crippen LogP contribution in [0.25, 0.3) is 0 Å². The van der Waals surface area contributed by atoms with E-state index in [4.69, 9.17) is 0 Å². The summed E-state index contributed by atoms with van der Waals surface area (Å²) in [6.45, 7) is 1.07. The van der Waals surface area contributed by atoms with Crippen molar-refractivity contribution in [1.82, 2.24) is 10.2 Å². The molecule has 3 nitrogen and oxygen atoms in total. The molecule has 0 spiro atoms. The Morgan fingerprint density at radius 3 is 2.63 bits per heavy atom. The van der Waals surface area contributed by atoms with Crippen LogP contribution in [0.1, 0.15) is 37.2 Å². The van der Waals surface area contributed by atoms with Crippen molar-refractivity contribution < 1.29 is 4.79 Å². The van der Waals surface area contributed by atoms with Gasteiger partial charge < -0.3 is 10.2 Å². The summed E-state index contributed by atoms with van der Waals surface area (Å²) in [7, 11) is 3.66. The van der Waals surface area contributed by atoms with E-state index in [1.807, 2.05) is 20.2 Å². The second-order valence-electron chi connectivity index (χ2n) is 5.57. The van der Waals surface area contributed by atoms with E-state index in [0.29, 0.717) is 12.5 Å². The number of hydrogen-bond acceptors (Lipinski definition) is 2. The minimum Gasteiger partial charge on any atom is -0.349 e. The van der Waals surface area contributed by atoms with Crippen molar-refractivity contribution in [1.29, 1.82) is 0 Å². The fourth-order valence-corrected chi connectivity index (χ4v) is 2.79. The van der Waals surface area contributed by atoms with E-state index < -0.39 is 0 Å². The Bertz CT molecular complexity index is 396. The smallest absolute Gasteiger partial charge is 0.222 e. The molecule has 1 saturated heterocycles. The molecule has 2 atom stereocenters. The first-order chi connectivity index (χ1) is 9.18. The van der Waals surface area contributed by atoms with Crippen LogP contribution >= 0.6 is 0 Å². The van der Waals surface area contributed by atoms with E-state index in [0.717, 1.165) is 6.54 Å². The molecule has 0 bridgehead atoms. The average Bonchev–Trinajstić information content (AvgIpc) is 2.46. The molecule has 0 aliphatic carbocycles. The van der Waals surface area contributed by atoms with Gasteiger partial charge in [0.2, 0.25) is 5.91 Å². The molecule has 0 radical (unpaired) electrons. The highest BCUT2D eigenvalue weighted by molar-refractivity contribution is 5.76. The average molecular weight is 260 g/mol. The fourth-order valence-electron chi connectivity index (χ4n) is 2.79. The third kappa shape index (κ3) is 3.80. The predicted octanol–water partition coefficient (Wildman–Crippen LogP) is 2.39. The van der Waals surface area contributed by atoms with E-state index in [2.05, 4.69) is 29.6 Å². The van der Waals surface area contributed by atoms with Crippen LogP contribution in [-0.4, -0.2) is 37.5 Å². The molecular formula is C16H24N2O. The summed E-state index contributed by atoms with van der Waals surface area (Å²) in [6.07, 6.45) is 4.27. The molecular weight excluding hydrogens is 236 g/mol. The molecule has 1 aliphatic rings. The van der Waals surface area contributed by atoms with Crippen LogP contribution in [0.2, 0.25) is 0 Å². The largest absolute Gasteiger partial charge is 0.349 e. The van der Waals surface area contributed by atoms with E-state index in [1.165, 1.54) is 24.8 Å². The molecule has 1 aromatic rings. The van der Waals surface area contributed by atoms with E-state index in [1.54, 1.807) is 4.90 Å².